The summed E-state index contributed by atoms with van der Waals surface area (Å²) in [7, 11) is 2.11. The van der Waals surface area contributed by atoms with Crippen molar-refractivity contribution in [2.24, 2.45) is 0 Å². The number of aromatic amines is 1. The molecule has 7 nitrogen and oxygen atoms in total. The number of rotatable bonds is 4. The second-order valence-corrected chi connectivity index (χ2v) is 9.55. The maximum Gasteiger partial charge on any atom is 0.163 e. The van der Waals surface area contributed by atoms with E-state index in [9.17, 15) is 5.11 Å². The van der Waals surface area contributed by atoms with E-state index in [1.54, 1.807) is 18.5 Å². The molecule has 4 rings (SSSR count). The molecular weight excluding hydrogens is 376 g/mol. The number of anilines is 1. The van der Waals surface area contributed by atoms with Crippen molar-refractivity contribution in [1.82, 2.24) is 25.5 Å². The fourth-order valence-corrected chi connectivity index (χ4v) is 4.70. The number of nitrogens with one attached hydrogen (secondary N) is 2. The lowest BCUT2D eigenvalue weighted by molar-refractivity contribution is 0.161. The average Bonchev–Trinajstić information content (AvgIpc) is 3.20. The van der Waals surface area contributed by atoms with Crippen molar-refractivity contribution in [2.45, 2.75) is 57.7 Å². The van der Waals surface area contributed by atoms with Gasteiger partial charge in [0.05, 0.1) is 29.8 Å². The van der Waals surface area contributed by atoms with Crippen LogP contribution in [0.5, 0.6) is 5.75 Å². The molecule has 0 radical (unpaired) electrons. The molecule has 7 heteroatoms. The first kappa shape index (κ1) is 20.3. The number of aromatic nitrogens is 4. The second-order valence-electron chi connectivity index (χ2n) is 9.55. The van der Waals surface area contributed by atoms with Crippen molar-refractivity contribution in [3.05, 3.63) is 43.0 Å². The summed E-state index contributed by atoms with van der Waals surface area (Å²) in [6.45, 7) is 9.02. The Morgan fingerprint density at radius 2 is 1.67 bits per heavy atom. The van der Waals surface area contributed by atoms with Crippen molar-refractivity contribution in [2.75, 3.05) is 11.9 Å². The Balaban J connectivity index is 1.54. The number of hydrogen-bond acceptors (Lipinski definition) is 6. The largest absolute Gasteiger partial charge is 0.507 e. The van der Waals surface area contributed by atoms with Gasteiger partial charge in [-0.2, -0.15) is 5.10 Å². The third-order valence-electron chi connectivity index (χ3n) is 5.83. The number of H-pyrrole nitrogens is 1. The Hall–Kier alpha value is -2.93. The highest BCUT2D eigenvalue weighted by Crippen LogP contribution is 2.34. The molecule has 1 aliphatic heterocycles. The van der Waals surface area contributed by atoms with Crippen LogP contribution in [0, 0.1) is 0 Å². The molecule has 158 valence electrons. The summed E-state index contributed by atoms with van der Waals surface area (Å²) in [4.78, 5) is 11.4. The van der Waals surface area contributed by atoms with Crippen LogP contribution in [-0.2, 0) is 0 Å². The van der Waals surface area contributed by atoms with Crippen molar-refractivity contribution in [1.29, 1.82) is 0 Å². The Morgan fingerprint density at radius 1 is 1.00 bits per heavy atom. The molecule has 1 aliphatic rings. The third-order valence-corrected chi connectivity index (χ3v) is 5.83. The van der Waals surface area contributed by atoms with Gasteiger partial charge in [0.2, 0.25) is 0 Å². The zero-order valence-electron chi connectivity index (χ0n) is 18.3. The van der Waals surface area contributed by atoms with Crippen LogP contribution >= 0.6 is 0 Å². The van der Waals surface area contributed by atoms with E-state index < -0.39 is 0 Å². The lowest BCUT2D eigenvalue weighted by atomic mass is 9.79. The number of phenolic OH excluding ortho intramolecular Hbond substituents is 1. The molecule has 1 fully saturated rings. The SMILES string of the molecule is CN(c1cnc(-c2ccc(-c3cn[nH]c3)cc2O)nc1)C1CC(C)(C)NC(C)(C)C1. The van der Waals surface area contributed by atoms with Crippen molar-refractivity contribution >= 4 is 5.69 Å². The van der Waals surface area contributed by atoms with E-state index in [0.717, 1.165) is 29.7 Å². The molecule has 0 aliphatic carbocycles. The molecule has 1 saturated heterocycles. The second kappa shape index (κ2) is 7.40. The first-order valence-electron chi connectivity index (χ1n) is 10.3. The first-order valence-corrected chi connectivity index (χ1v) is 10.3. The molecule has 30 heavy (non-hydrogen) atoms. The van der Waals surface area contributed by atoms with Crippen LogP contribution in [0.1, 0.15) is 40.5 Å². The summed E-state index contributed by atoms with van der Waals surface area (Å²) in [5, 5.41) is 21.0. The van der Waals surface area contributed by atoms with Crippen molar-refractivity contribution < 1.29 is 5.11 Å². The van der Waals surface area contributed by atoms with Gasteiger partial charge in [-0.25, -0.2) is 9.97 Å². The maximum absolute atomic E-state index is 10.5. The van der Waals surface area contributed by atoms with Crippen molar-refractivity contribution in [3.8, 4) is 28.3 Å². The van der Waals surface area contributed by atoms with Crippen LogP contribution in [0.25, 0.3) is 22.5 Å². The highest BCUT2D eigenvalue weighted by Gasteiger charge is 2.39. The number of hydrogen-bond donors (Lipinski definition) is 3. The van der Waals surface area contributed by atoms with Gasteiger partial charge >= 0.3 is 0 Å². The molecule has 1 aromatic carbocycles. The van der Waals surface area contributed by atoms with Gasteiger partial charge in [0, 0.05) is 35.9 Å². The normalized spacial score (nSPS) is 18.3. The van der Waals surface area contributed by atoms with Crippen LogP contribution in [0.2, 0.25) is 0 Å². The number of phenols is 1. The monoisotopic (exact) mass is 406 g/mol. The summed E-state index contributed by atoms with van der Waals surface area (Å²) >= 11 is 0. The van der Waals surface area contributed by atoms with E-state index >= 15 is 0 Å². The van der Waals surface area contributed by atoms with Crippen molar-refractivity contribution in [3.63, 3.8) is 0 Å². The van der Waals surface area contributed by atoms with Gasteiger partial charge in [-0.05, 0) is 58.2 Å². The standard InChI is InChI=1S/C23H30N6O/c1-22(2)9-17(10-23(3,4)28-22)29(5)18-13-24-21(25-14-18)19-7-6-15(8-20(19)30)16-11-26-27-12-16/h6-8,11-14,17,28,30H,9-10H2,1-5H3,(H,26,27). The number of aromatic hydroxyl groups is 1. The van der Waals surface area contributed by atoms with Crippen LogP contribution in [0.3, 0.4) is 0 Å². The van der Waals surface area contributed by atoms with Gasteiger partial charge in [-0.1, -0.05) is 6.07 Å². The fourth-order valence-electron chi connectivity index (χ4n) is 4.70. The lowest BCUT2D eigenvalue weighted by Crippen LogP contribution is -2.61. The van der Waals surface area contributed by atoms with E-state index in [0.29, 0.717) is 17.4 Å². The Bertz CT molecular complexity index is 995. The minimum Gasteiger partial charge on any atom is -0.507 e. The maximum atomic E-state index is 10.5. The van der Waals surface area contributed by atoms with Gasteiger partial charge in [0.1, 0.15) is 5.75 Å². The quantitative estimate of drug-likeness (QED) is 0.607. The molecule has 3 N–H and O–H groups in total. The first-order chi connectivity index (χ1) is 14.1. The van der Waals surface area contributed by atoms with E-state index in [-0.39, 0.29) is 16.8 Å². The van der Waals surface area contributed by atoms with E-state index in [2.05, 4.69) is 65.1 Å². The molecular formula is C23H30N6O. The number of nitrogens with zero attached hydrogens (tertiary/aromatic N) is 4. The van der Waals surface area contributed by atoms with Gasteiger partial charge in [0.15, 0.2) is 5.82 Å². The lowest BCUT2D eigenvalue weighted by Gasteiger charge is -2.49. The van der Waals surface area contributed by atoms with E-state index in [4.69, 9.17) is 0 Å². The highest BCUT2D eigenvalue weighted by atomic mass is 16.3. The third kappa shape index (κ3) is 4.16. The molecule has 0 spiro atoms. The minimum absolute atomic E-state index is 0.0734. The summed E-state index contributed by atoms with van der Waals surface area (Å²) in [5.74, 6) is 0.658. The molecule has 0 bridgehead atoms. The van der Waals surface area contributed by atoms with Crippen LogP contribution < -0.4 is 10.2 Å². The molecule has 0 atom stereocenters. The highest BCUT2D eigenvalue weighted by molar-refractivity contribution is 5.72. The Morgan fingerprint density at radius 3 is 2.23 bits per heavy atom. The summed E-state index contributed by atoms with van der Waals surface area (Å²) in [5.41, 5.74) is 3.54. The van der Waals surface area contributed by atoms with Gasteiger partial charge < -0.3 is 15.3 Å². The molecule has 2 aromatic heterocycles. The van der Waals surface area contributed by atoms with Gasteiger partial charge in [-0.3, -0.25) is 5.10 Å². The predicted octanol–water partition coefficient (Wildman–Crippen LogP) is 3.98. The van der Waals surface area contributed by atoms with Gasteiger partial charge in [-0.15, -0.1) is 0 Å². The minimum atomic E-state index is 0.0734. The van der Waals surface area contributed by atoms with Crippen LogP contribution in [-0.4, -0.2) is 49.4 Å². The van der Waals surface area contributed by atoms with Crippen LogP contribution in [0.4, 0.5) is 5.69 Å². The molecule has 0 unspecified atom stereocenters. The average molecular weight is 407 g/mol. The van der Waals surface area contributed by atoms with E-state index in [1.165, 1.54) is 0 Å². The summed E-state index contributed by atoms with van der Waals surface area (Å²) < 4.78 is 0. The molecule has 3 heterocycles. The molecule has 0 saturated carbocycles. The smallest absolute Gasteiger partial charge is 0.163 e. The fraction of sp³-hybridized carbons (Fsp3) is 0.435. The predicted molar refractivity (Wildman–Crippen MR) is 119 cm³/mol. The summed E-state index contributed by atoms with van der Waals surface area (Å²) in [6.07, 6.45) is 9.29. The number of piperidine rings is 1. The summed E-state index contributed by atoms with van der Waals surface area (Å²) in [6, 6.07) is 5.88. The van der Waals surface area contributed by atoms with Gasteiger partial charge in [0.25, 0.3) is 0 Å². The van der Waals surface area contributed by atoms with E-state index in [1.807, 2.05) is 24.5 Å². The van der Waals surface area contributed by atoms with Crippen LogP contribution in [0.15, 0.2) is 43.0 Å². The Kier molecular flexibility index (Phi) is 5.02. The topological polar surface area (TPSA) is 90.0 Å². The zero-order chi connectivity index (χ0) is 21.5. The molecule has 0 amide bonds. The molecule has 3 aromatic rings. The number of benzene rings is 1. The Labute approximate surface area is 177 Å². The zero-order valence-corrected chi connectivity index (χ0v) is 18.3.